The summed E-state index contributed by atoms with van der Waals surface area (Å²) in [6.45, 7) is 46.1. The van der Waals surface area contributed by atoms with E-state index in [4.69, 9.17) is 13.6 Å². The number of rotatable bonds is 15. The third kappa shape index (κ3) is 15.0. The summed E-state index contributed by atoms with van der Waals surface area (Å²) in [5.41, 5.74) is 11.2. The third-order valence-corrected chi connectivity index (χ3v) is 18.1. The normalized spacial score (nSPS) is 12.9. The summed E-state index contributed by atoms with van der Waals surface area (Å²) in [4.78, 5) is 6.70. The molecule has 0 atom stereocenters. The zero-order valence-corrected chi connectivity index (χ0v) is 52.9. The average molecular weight is 1100 g/mol. The van der Waals surface area contributed by atoms with Crippen molar-refractivity contribution in [2.45, 2.75) is 227 Å². The molecule has 0 heterocycles. The first-order chi connectivity index (χ1) is 35.0. The standard InChI is InChI=1S/C66H87O6PS3/c1-40-28-55(52(64(13,14)15)34-58(40)74-46-25-22-43(37-67)49(31-46)61(4,5)6)70-73(71-56-29-41(2)59(35-53(56)65(16,17)18)75-47-26-23-44(38-68)50(32-47)62(7,8)9)72-57-30-42(3)60(36-54(57)66(19,20)21)76-48-27-24-45(39-69)51(33-48)63(10,11)12/h22-36,67-69H,37-39H2,1-21H3. The molecule has 0 saturated carbocycles. The van der Waals surface area contributed by atoms with E-state index >= 15 is 0 Å². The number of aliphatic hydroxyl groups is 3. The molecular weight excluding hydrogens is 1020 g/mol. The van der Waals surface area contributed by atoms with Gasteiger partial charge in [-0.2, -0.15) is 0 Å². The van der Waals surface area contributed by atoms with Crippen LogP contribution >= 0.6 is 43.9 Å². The van der Waals surface area contributed by atoms with Gasteiger partial charge < -0.3 is 28.9 Å². The highest BCUT2D eigenvalue weighted by Crippen LogP contribution is 2.52. The molecule has 0 saturated heterocycles. The lowest BCUT2D eigenvalue weighted by Gasteiger charge is -2.30. The molecule has 76 heavy (non-hydrogen) atoms. The van der Waals surface area contributed by atoms with Crippen LogP contribution in [0.25, 0.3) is 0 Å². The van der Waals surface area contributed by atoms with E-state index in [0.29, 0.717) is 17.2 Å². The van der Waals surface area contributed by atoms with Crippen LogP contribution in [0.2, 0.25) is 0 Å². The van der Waals surface area contributed by atoms with Crippen LogP contribution in [0.1, 0.15) is 191 Å². The summed E-state index contributed by atoms with van der Waals surface area (Å²) < 4.78 is 21.9. The molecule has 0 aliphatic rings. The van der Waals surface area contributed by atoms with Crippen molar-refractivity contribution >= 4 is 43.9 Å². The van der Waals surface area contributed by atoms with Crippen molar-refractivity contribution in [2.24, 2.45) is 0 Å². The second kappa shape index (κ2) is 23.4. The summed E-state index contributed by atoms with van der Waals surface area (Å²) in [6, 6.07) is 32.4. The van der Waals surface area contributed by atoms with Crippen LogP contribution in [0.5, 0.6) is 17.2 Å². The van der Waals surface area contributed by atoms with Gasteiger partial charge in [0.25, 0.3) is 0 Å². The maximum Gasteiger partial charge on any atom is 0.530 e. The maximum atomic E-state index is 10.2. The van der Waals surface area contributed by atoms with Crippen molar-refractivity contribution in [1.82, 2.24) is 0 Å². The molecule has 0 aliphatic carbocycles. The van der Waals surface area contributed by atoms with Crippen LogP contribution < -0.4 is 13.6 Å². The fourth-order valence-corrected chi connectivity index (χ4v) is 13.3. The van der Waals surface area contributed by atoms with Gasteiger partial charge in [0.15, 0.2) is 0 Å². The van der Waals surface area contributed by atoms with Crippen molar-refractivity contribution in [2.75, 3.05) is 0 Å². The van der Waals surface area contributed by atoms with Gasteiger partial charge in [-0.05, 0) is 176 Å². The fourth-order valence-electron chi connectivity index (χ4n) is 9.34. The van der Waals surface area contributed by atoms with Crippen molar-refractivity contribution in [3.05, 3.63) is 158 Å². The Morgan fingerprint density at radius 3 is 0.750 bits per heavy atom. The van der Waals surface area contributed by atoms with Gasteiger partial charge in [0.1, 0.15) is 17.2 Å². The molecule has 0 spiro atoms. The quantitative estimate of drug-likeness (QED) is 0.0870. The molecule has 0 aliphatic heterocycles. The van der Waals surface area contributed by atoms with E-state index in [2.05, 4.69) is 236 Å². The zero-order valence-electron chi connectivity index (χ0n) is 49.5. The largest absolute Gasteiger partial charge is 0.530 e. The number of benzene rings is 6. The maximum absolute atomic E-state index is 10.2. The molecule has 0 amide bonds. The monoisotopic (exact) mass is 1100 g/mol. The van der Waals surface area contributed by atoms with E-state index in [1.807, 2.05) is 0 Å². The summed E-state index contributed by atoms with van der Waals surface area (Å²) >= 11 is 5.19. The molecule has 410 valence electrons. The van der Waals surface area contributed by atoms with Crippen LogP contribution in [0.15, 0.2) is 120 Å². The molecule has 0 unspecified atom stereocenters. The highest BCUT2D eigenvalue weighted by Gasteiger charge is 2.33. The zero-order chi connectivity index (χ0) is 56.7. The molecule has 0 bridgehead atoms. The molecule has 0 aromatic heterocycles. The van der Waals surface area contributed by atoms with E-state index in [1.54, 1.807) is 35.3 Å². The van der Waals surface area contributed by atoms with Gasteiger partial charge in [-0.1, -0.05) is 178 Å². The molecule has 6 aromatic rings. The first kappa shape index (κ1) is 61.3. The number of aryl methyl sites for hydroxylation is 3. The Kier molecular flexibility index (Phi) is 18.9. The second-order valence-corrected chi connectivity index (χ2v) is 30.9. The Hall–Kier alpha value is -3.92. The smallest absolute Gasteiger partial charge is 0.408 e. The second-order valence-electron chi connectivity index (χ2n) is 26.6. The van der Waals surface area contributed by atoms with Gasteiger partial charge in [0.2, 0.25) is 0 Å². The number of hydrogen-bond acceptors (Lipinski definition) is 9. The molecular formula is C66H87O6PS3. The summed E-state index contributed by atoms with van der Waals surface area (Å²) in [7, 11) is -2.15. The Morgan fingerprint density at radius 1 is 0.329 bits per heavy atom. The fraction of sp³-hybridized carbons (Fsp3) is 0.455. The molecule has 6 nitrogen and oxygen atoms in total. The lowest BCUT2D eigenvalue weighted by atomic mass is 9.84. The van der Waals surface area contributed by atoms with Crippen LogP contribution in [-0.2, 0) is 52.3 Å². The lowest BCUT2D eigenvalue weighted by Crippen LogP contribution is -2.17. The highest BCUT2D eigenvalue weighted by molar-refractivity contribution is 8.00. The topological polar surface area (TPSA) is 88.4 Å². The predicted molar refractivity (Wildman–Crippen MR) is 324 cm³/mol. The first-order valence-electron chi connectivity index (χ1n) is 26.6. The summed E-state index contributed by atoms with van der Waals surface area (Å²) in [6.07, 6.45) is 0. The molecule has 10 heteroatoms. The lowest BCUT2D eigenvalue weighted by molar-refractivity contribution is 0.278. The van der Waals surface area contributed by atoms with Crippen LogP contribution in [0.3, 0.4) is 0 Å². The molecule has 3 N–H and O–H groups in total. The van der Waals surface area contributed by atoms with E-state index in [9.17, 15) is 15.3 Å². The van der Waals surface area contributed by atoms with E-state index in [-0.39, 0.29) is 52.3 Å². The van der Waals surface area contributed by atoms with E-state index < -0.39 is 8.60 Å². The van der Waals surface area contributed by atoms with Gasteiger partial charge >= 0.3 is 8.60 Å². The first-order valence-corrected chi connectivity index (χ1v) is 30.1. The van der Waals surface area contributed by atoms with Gasteiger partial charge in [-0.3, -0.25) is 0 Å². The third-order valence-electron chi connectivity index (χ3n) is 13.6. The van der Waals surface area contributed by atoms with E-state index in [0.717, 1.165) is 96.1 Å². The number of hydrogen-bond donors (Lipinski definition) is 3. The van der Waals surface area contributed by atoms with Crippen molar-refractivity contribution in [1.29, 1.82) is 0 Å². The van der Waals surface area contributed by atoms with Gasteiger partial charge in [0.05, 0.1) is 19.8 Å². The molecule has 0 radical (unpaired) electrons. The van der Waals surface area contributed by atoms with Gasteiger partial charge in [-0.25, -0.2) is 0 Å². The molecule has 6 aromatic carbocycles. The van der Waals surface area contributed by atoms with Crippen LogP contribution in [0.4, 0.5) is 0 Å². The average Bonchev–Trinajstić information content (AvgIpc) is 3.29. The molecule has 0 fully saturated rings. The van der Waals surface area contributed by atoms with E-state index in [1.165, 1.54) is 0 Å². The van der Waals surface area contributed by atoms with Gasteiger partial charge in [-0.15, -0.1) is 0 Å². The Balaban J connectivity index is 1.49. The highest BCUT2D eigenvalue weighted by atomic mass is 32.2. The Morgan fingerprint density at radius 2 is 0.553 bits per heavy atom. The minimum absolute atomic E-state index is 0.00160. The Labute approximate surface area is 472 Å². The SMILES string of the molecule is Cc1cc(OP(Oc2cc(C)c(Sc3ccc(CO)c(C(C)(C)C)c3)cc2C(C)(C)C)Oc2cc(C)c(Sc3ccc(CO)c(C(C)(C)C)c3)cc2C(C)(C)C)c(C(C)(C)C)cc1Sc1ccc(CO)c(C(C)(C)C)c1. The van der Waals surface area contributed by atoms with Crippen molar-refractivity contribution < 1.29 is 28.9 Å². The summed E-state index contributed by atoms with van der Waals surface area (Å²) in [5.74, 6) is 2.11. The predicted octanol–water partition coefficient (Wildman–Crippen LogP) is 19.1. The molecule has 6 rings (SSSR count). The Bertz CT molecular complexity index is 2720. The van der Waals surface area contributed by atoms with Gasteiger partial charge in [0, 0.05) is 46.1 Å². The van der Waals surface area contributed by atoms with Crippen LogP contribution in [0, 0.1) is 20.8 Å². The van der Waals surface area contributed by atoms with Crippen molar-refractivity contribution in [3.63, 3.8) is 0 Å². The minimum Gasteiger partial charge on any atom is -0.408 e. The number of aliphatic hydroxyl groups excluding tert-OH is 3. The van der Waals surface area contributed by atoms with Crippen LogP contribution in [-0.4, -0.2) is 15.3 Å². The minimum atomic E-state index is -2.15. The summed E-state index contributed by atoms with van der Waals surface area (Å²) in [5, 5.41) is 30.7. The van der Waals surface area contributed by atoms with Crippen molar-refractivity contribution in [3.8, 4) is 17.2 Å².